The summed E-state index contributed by atoms with van der Waals surface area (Å²) in [5.41, 5.74) is 9.13. The lowest BCUT2D eigenvalue weighted by molar-refractivity contribution is -0.190. The Balaban J connectivity index is 2.51. The number of nitrogens with two attached hydrogens (primary N) is 1. The van der Waals surface area contributed by atoms with E-state index in [4.69, 9.17) is 5.73 Å². The molecule has 0 aliphatic heterocycles. The van der Waals surface area contributed by atoms with Crippen LogP contribution in [0.2, 0.25) is 0 Å². The minimum atomic E-state index is -4.36. The van der Waals surface area contributed by atoms with Gasteiger partial charge in [0.15, 0.2) is 6.61 Å². The van der Waals surface area contributed by atoms with E-state index in [1.165, 1.54) is 6.07 Å². The lowest BCUT2D eigenvalue weighted by Crippen LogP contribution is -2.24. The van der Waals surface area contributed by atoms with Crippen molar-refractivity contribution >= 4 is 5.91 Å². The van der Waals surface area contributed by atoms with E-state index >= 15 is 0 Å². The fourth-order valence-corrected chi connectivity index (χ4v) is 1.31. The molecule has 0 aliphatic carbocycles. The number of rotatable bonds is 5. The van der Waals surface area contributed by atoms with Crippen LogP contribution < -0.4 is 11.2 Å². The zero-order valence-corrected chi connectivity index (χ0v) is 9.67. The Morgan fingerprint density at radius 1 is 1.44 bits per heavy atom. The second-order valence-electron chi connectivity index (χ2n) is 3.73. The molecule has 4 nitrogen and oxygen atoms in total. The molecule has 0 saturated heterocycles. The Kier molecular flexibility index (Phi) is 4.69. The van der Waals surface area contributed by atoms with E-state index in [2.05, 4.69) is 10.3 Å². The second-order valence-corrected chi connectivity index (χ2v) is 3.73. The topological polar surface area (TPSA) is 64.4 Å². The van der Waals surface area contributed by atoms with Crippen LogP contribution in [0.5, 0.6) is 0 Å². The molecule has 0 saturated carbocycles. The minimum absolute atomic E-state index is 0.112. The number of alkyl halides is 3. The molecule has 1 aromatic carbocycles. The molecule has 18 heavy (non-hydrogen) atoms. The summed E-state index contributed by atoms with van der Waals surface area (Å²) in [4.78, 5) is 15.2. The van der Waals surface area contributed by atoms with Crippen molar-refractivity contribution in [2.75, 3.05) is 6.61 Å². The molecule has 1 rings (SSSR count). The van der Waals surface area contributed by atoms with Gasteiger partial charge in [-0.3, -0.25) is 9.63 Å². The number of amides is 1. The molecule has 0 radical (unpaired) electrons. The largest absolute Gasteiger partial charge is 0.413 e. The molecule has 0 heterocycles. The number of hydrogen-bond acceptors (Lipinski definition) is 3. The fraction of sp³-hybridized carbons (Fsp3) is 0.364. The summed E-state index contributed by atoms with van der Waals surface area (Å²) < 4.78 is 35.4. The van der Waals surface area contributed by atoms with Gasteiger partial charge in [-0.25, -0.2) is 0 Å². The summed E-state index contributed by atoms with van der Waals surface area (Å²) in [6.45, 7) is 0.486. The van der Waals surface area contributed by atoms with Gasteiger partial charge in [0, 0.05) is 12.1 Å². The summed E-state index contributed by atoms with van der Waals surface area (Å²) in [5.74, 6) is -0.550. The van der Waals surface area contributed by atoms with Gasteiger partial charge in [0.05, 0.1) is 0 Å². The Hall–Kier alpha value is -1.60. The third-order valence-electron chi connectivity index (χ3n) is 2.23. The smallest absolute Gasteiger partial charge is 0.366 e. The van der Waals surface area contributed by atoms with E-state index in [0.717, 1.165) is 11.1 Å². The van der Waals surface area contributed by atoms with Crippen molar-refractivity contribution in [2.24, 2.45) is 5.73 Å². The average molecular weight is 262 g/mol. The molecule has 7 heteroatoms. The maximum absolute atomic E-state index is 11.8. The third-order valence-corrected chi connectivity index (χ3v) is 2.23. The van der Waals surface area contributed by atoms with Crippen LogP contribution in [-0.2, 0) is 11.4 Å². The Labute approximate surface area is 102 Å². The summed E-state index contributed by atoms with van der Waals surface area (Å²) in [5, 5.41) is 0. The number of carbonyl (C=O) groups is 1. The molecule has 1 amide bonds. The van der Waals surface area contributed by atoms with Crippen LogP contribution in [0.25, 0.3) is 0 Å². The first-order chi connectivity index (χ1) is 8.29. The maximum atomic E-state index is 11.8. The van der Waals surface area contributed by atoms with Gasteiger partial charge < -0.3 is 5.73 Å². The van der Waals surface area contributed by atoms with Crippen LogP contribution in [0.3, 0.4) is 0 Å². The number of aryl methyl sites for hydroxylation is 1. The number of benzene rings is 1. The highest BCUT2D eigenvalue weighted by Gasteiger charge is 2.27. The maximum Gasteiger partial charge on any atom is 0.413 e. The number of halogens is 3. The highest BCUT2D eigenvalue weighted by Crippen LogP contribution is 2.14. The molecule has 0 fully saturated rings. The fourth-order valence-electron chi connectivity index (χ4n) is 1.31. The molecule has 0 aromatic heterocycles. The van der Waals surface area contributed by atoms with Gasteiger partial charge >= 0.3 is 6.18 Å². The van der Waals surface area contributed by atoms with Gasteiger partial charge in [-0.1, -0.05) is 6.07 Å². The molecule has 0 spiro atoms. The lowest BCUT2D eigenvalue weighted by Gasteiger charge is -2.10. The van der Waals surface area contributed by atoms with Gasteiger partial charge in [0.25, 0.3) is 0 Å². The van der Waals surface area contributed by atoms with Crippen molar-refractivity contribution in [3.63, 3.8) is 0 Å². The second kappa shape index (κ2) is 5.83. The van der Waals surface area contributed by atoms with Crippen LogP contribution in [0, 0.1) is 6.92 Å². The minimum Gasteiger partial charge on any atom is -0.366 e. The highest BCUT2D eigenvalue weighted by molar-refractivity contribution is 5.93. The monoisotopic (exact) mass is 262 g/mol. The standard InChI is InChI=1S/C11H13F3N2O2/c1-7-4-8(10(15)17)2-3-9(7)5-16-18-6-11(12,13)14/h2-4,16H,5-6H2,1H3,(H2,15,17). The average Bonchev–Trinajstić information content (AvgIpc) is 2.24. The van der Waals surface area contributed by atoms with Gasteiger partial charge in [-0.05, 0) is 30.2 Å². The quantitative estimate of drug-likeness (QED) is 0.626. The molecule has 0 unspecified atom stereocenters. The van der Waals surface area contributed by atoms with Crippen LogP contribution in [0.15, 0.2) is 18.2 Å². The van der Waals surface area contributed by atoms with E-state index in [0.29, 0.717) is 5.56 Å². The van der Waals surface area contributed by atoms with E-state index in [9.17, 15) is 18.0 Å². The molecule has 3 N–H and O–H groups in total. The number of carbonyl (C=O) groups excluding carboxylic acids is 1. The van der Waals surface area contributed by atoms with Crippen molar-refractivity contribution in [1.29, 1.82) is 0 Å². The molecule has 0 atom stereocenters. The summed E-state index contributed by atoms with van der Waals surface area (Å²) in [6, 6.07) is 4.69. The number of nitrogens with one attached hydrogen (secondary N) is 1. The molecule has 0 bridgehead atoms. The Bertz CT molecular complexity index is 433. The van der Waals surface area contributed by atoms with Crippen molar-refractivity contribution in [2.45, 2.75) is 19.6 Å². The lowest BCUT2D eigenvalue weighted by atomic mass is 10.1. The first kappa shape index (κ1) is 14.5. The van der Waals surface area contributed by atoms with Gasteiger partial charge in [0.2, 0.25) is 5.91 Å². The number of hydrogen-bond donors (Lipinski definition) is 2. The van der Waals surface area contributed by atoms with Crippen LogP contribution in [-0.4, -0.2) is 18.7 Å². The van der Waals surface area contributed by atoms with Crippen LogP contribution in [0.4, 0.5) is 13.2 Å². The predicted molar refractivity (Wildman–Crippen MR) is 58.5 cm³/mol. The van der Waals surface area contributed by atoms with Gasteiger partial charge in [-0.2, -0.15) is 18.7 Å². The van der Waals surface area contributed by atoms with E-state index < -0.39 is 18.7 Å². The first-order valence-corrected chi connectivity index (χ1v) is 5.10. The zero-order valence-electron chi connectivity index (χ0n) is 9.67. The SMILES string of the molecule is Cc1cc(C(N)=O)ccc1CNOCC(F)(F)F. The molecule has 0 aliphatic rings. The Morgan fingerprint density at radius 3 is 2.61 bits per heavy atom. The van der Waals surface area contributed by atoms with Gasteiger partial charge in [0.1, 0.15) is 0 Å². The van der Waals surface area contributed by atoms with Crippen LogP contribution in [0.1, 0.15) is 21.5 Å². The molecular formula is C11H13F3N2O2. The van der Waals surface area contributed by atoms with E-state index in [-0.39, 0.29) is 6.54 Å². The summed E-state index contributed by atoms with van der Waals surface area (Å²) in [7, 11) is 0. The van der Waals surface area contributed by atoms with Gasteiger partial charge in [-0.15, -0.1) is 0 Å². The molecule has 1 aromatic rings. The summed E-state index contributed by atoms with van der Waals surface area (Å²) in [6.07, 6.45) is -4.36. The molecule has 100 valence electrons. The van der Waals surface area contributed by atoms with E-state index in [1.807, 2.05) is 0 Å². The van der Waals surface area contributed by atoms with Crippen molar-refractivity contribution in [3.05, 3.63) is 34.9 Å². The Morgan fingerprint density at radius 2 is 2.11 bits per heavy atom. The first-order valence-electron chi connectivity index (χ1n) is 5.10. The van der Waals surface area contributed by atoms with Crippen molar-refractivity contribution < 1.29 is 22.8 Å². The summed E-state index contributed by atoms with van der Waals surface area (Å²) >= 11 is 0. The van der Waals surface area contributed by atoms with Crippen molar-refractivity contribution in [1.82, 2.24) is 5.48 Å². The van der Waals surface area contributed by atoms with E-state index in [1.54, 1.807) is 19.1 Å². The highest BCUT2D eigenvalue weighted by atomic mass is 19.4. The normalized spacial score (nSPS) is 11.6. The zero-order chi connectivity index (χ0) is 13.8. The molecular weight excluding hydrogens is 249 g/mol. The third kappa shape index (κ3) is 4.72. The number of primary amides is 1. The number of hydroxylamine groups is 1. The predicted octanol–water partition coefficient (Wildman–Crippen LogP) is 1.68. The van der Waals surface area contributed by atoms with Crippen molar-refractivity contribution in [3.8, 4) is 0 Å². The van der Waals surface area contributed by atoms with Crippen LogP contribution >= 0.6 is 0 Å².